The van der Waals surface area contributed by atoms with Crippen molar-refractivity contribution in [1.82, 2.24) is 9.55 Å². The molecule has 0 atom stereocenters. The molecule has 3 aromatic rings. The summed E-state index contributed by atoms with van der Waals surface area (Å²) in [5.74, 6) is 0.587. The number of rotatable bonds is 4. The maximum atomic E-state index is 13.2. The largest absolute Gasteiger partial charge is 0.287 e. The Labute approximate surface area is 142 Å². The van der Waals surface area contributed by atoms with Crippen LogP contribution in [0.1, 0.15) is 18.7 Å². The van der Waals surface area contributed by atoms with E-state index in [0.29, 0.717) is 11.9 Å². The second-order valence-electron chi connectivity index (χ2n) is 5.10. The zero-order valence-corrected chi connectivity index (χ0v) is 14.9. The van der Waals surface area contributed by atoms with Gasteiger partial charge in [0.15, 0.2) is 5.16 Å². The van der Waals surface area contributed by atoms with Crippen molar-refractivity contribution in [3.63, 3.8) is 0 Å². The van der Waals surface area contributed by atoms with Crippen molar-refractivity contribution < 1.29 is 4.39 Å². The van der Waals surface area contributed by atoms with E-state index in [4.69, 9.17) is 4.98 Å². The van der Waals surface area contributed by atoms with Crippen LogP contribution in [-0.4, -0.2) is 15.3 Å². The Hall–Kier alpha value is -1.66. The van der Waals surface area contributed by atoms with Crippen LogP contribution in [-0.2, 0) is 6.54 Å². The van der Waals surface area contributed by atoms with Gasteiger partial charge in [-0.2, -0.15) is 0 Å². The summed E-state index contributed by atoms with van der Waals surface area (Å²) in [6.07, 6.45) is 0. The molecule has 3 rings (SSSR count). The second kappa shape index (κ2) is 6.45. The monoisotopic (exact) mass is 348 g/mol. The lowest BCUT2D eigenvalue weighted by molar-refractivity contribution is 0.628. The molecule has 0 saturated carbocycles. The summed E-state index contributed by atoms with van der Waals surface area (Å²) in [5.41, 5.74) is 1.71. The minimum absolute atomic E-state index is 0.0166. The van der Waals surface area contributed by atoms with E-state index in [9.17, 15) is 9.18 Å². The van der Waals surface area contributed by atoms with Gasteiger partial charge in [-0.3, -0.25) is 9.36 Å². The van der Waals surface area contributed by atoms with Crippen molar-refractivity contribution in [2.24, 2.45) is 0 Å². The van der Waals surface area contributed by atoms with Gasteiger partial charge < -0.3 is 0 Å². The van der Waals surface area contributed by atoms with Crippen LogP contribution in [0, 0.1) is 12.7 Å². The lowest BCUT2D eigenvalue weighted by Crippen LogP contribution is -2.22. The van der Waals surface area contributed by atoms with E-state index in [1.807, 2.05) is 20.8 Å². The Morgan fingerprint density at radius 1 is 1.26 bits per heavy atom. The number of aromatic nitrogens is 2. The molecule has 2 aromatic heterocycles. The number of hydrogen-bond acceptors (Lipinski definition) is 4. The van der Waals surface area contributed by atoms with E-state index >= 15 is 0 Å². The van der Waals surface area contributed by atoms with Gasteiger partial charge in [-0.25, -0.2) is 9.37 Å². The van der Waals surface area contributed by atoms with E-state index in [2.05, 4.69) is 0 Å². The molecule has 0 aliphatic rings. The van der Waals surface area contributed by atoms with E-state index < -0.39 is 0 Å². The van der Waals surface area contributed by atoms with Crippen molar-refractivity contribution in [3.8, 4) is 11.1 Å². The molecule has 3 nitrogen and oxygen atoms in total. The summed E-state index contributed by atoms with van der Waals surface area (Å²) in [5, 5.41) is 1.40. The molecule has 0 saturated heterocycles. The Bertz CT molecular complexity index is 913. The molecular formula is C17H17FN2OS2. The van der Waals surface area contributed by atoms with E-state index in [-0.39, 0.29) is 11.4 Å². The molecule has 2 heterocycles. The van der Waals surface area contributed by atoms with E-state index in [1.165, 1.54) is 23.5 Å². The normalized spacial score (nSPS) is 11.3. The fourth-order valence-corrected chi connectivity index (χ4v) is 4.53. The molecule has 0 aliphatic carbocycles. The maximum Gasteiger partial charge on any atom is 0.263 e. The number of benzene rings is 1. The molecule has 120 valence electrons. The highest BCUT2D eigenvalue weighted by Crippen LogP contribution is 2.36. The quantitative estimate of drug-likeness (QED) is 0.506. The molecule has 0 amide bonds. The Kier molecular flexibility index (Phi) is 4.55. The summed E-state index contributed by atoms with van der Waals surface area (Å²) < 4.78 is 14.9. The maximum absolute atomic E-state index is 13.2. The highest BCUT2D eigenvalue weighted by atomic mass is 32.2. The lowest BCUT2D eigenvalue weighted by atomic mass is 10.0. The molecule has 0 radical (unpaired) electrons. The number of nitrogens with zero attached hydrogens (tertiary/aromatic N) is 2. The smallest absolute Gasteiger partial charge is 0.263 e. The highest BCUT2D eigenvalue weighted by molar-refractivity contribution is 7.99. The minimum Gasteiger partial charge on any atom is -0.287 e. The summed E-state index contributed by atoms with van der Waals surface area (Å²) in [6.45, 7) is 6.56. The minimum atomic E-state index is -0.281. The van der Waals surface area contributed by atoms with Gasteiger partial charge in [0.05, 0.1) is 5.39 Å². The zero-order chi connectivity index (χ0) is 16.6. The molecule has 0 fully saturated rings. The van der Waals surface area contributed by atoms with Crippen molar-refractivity contribution in [3.05, 3.63) is 45.3 Å². The van der Waals surface area contributed by atoms with Gasteiger partial charge in [-0.05, 0) is 37.3 Å². The van der Waals surface area contributed by atoms with Gasteiger partial charge in [0, 0.05) is 17.0 Å². The van der Waals surface area contributed by atoms with Crippen LogP contribution in [0.2, 0.25) is 0 Å². The zero-order valence-electron chi connectivity index (χ0n) is 13.2. The van der Waals surface area contributed by atoms with Crippen LogP contribution in [0.3, 0.4) is 0 Å². The first-order valence-electron chi connectivity index (χ1n) is 7.49. The van der Waals surface area contributed by atoms with Crippen LogP contribution < -0.4 is 5.56 Å². The number of thiophene rings is 1. The molecule has 0 unspecified atom stereocenters. The third-order valence-corrected chi connectivity index (χ3v) is 5.53. The van der Waals surface area contributed by atoms with Crippen LogP contribution in [0.4, 0.5) is 4.39 Å². The first-order valence-corrected chi connectivity index (χ1v) is 9.29. The van der Waals surface area contributed by atoms with Gasteiger partial charge in [0.25, 0.3) is 5.56 Å². The van der Waals surface area contributed by atoms with Crippen molar-refractivity contribution in [1.29, 1.82) is 0 Å². The third kappa shape index (κ3) is 2.81. The summed E-state index contributed by atoms with van der Waals surface area (Å²) >= 11 is 3.10. The van der Waals surface area contributed by atoms with Gasteiger partial charge >= 0.3 is 0 Å². The Morgan fingerprint density at radius 2 is 1.96 bits per heavy atom. The summed E-state index contributed by atoms with van der Waals surface area (Å²) in [4.78, 5) is 19.4. The number of thioether (sulfide) groups is 1. The lowest BCUT2D eigenvalue weighted by Gasteiger charge is -2.09. The van der Waals surface area contributed by atoms with Crippen LogP contribution in [0.15, 0.2) is 34.2 Å². The number of aryl methyl sites for hydroxylation is 1. The van der Waals surface area contributed by atoms with Crippen LogP contribution in [0.25, 0.3) is 21.3 Å². The van der Waals surface area contributed by atoms with E-state index in [1.54, 1.807) is 28.5 Å². The molecule has 1 aromatic carbocycles. The van der Waals surface area contributed by atoms with Crippen molar-refractivity contribution in [2.45, 2.75) is 32.5 Å². The SMILES string of the molecule is CCSc1nc2sc(C)c(-c3ccc(F)cc3)c2c(=O)n1CC. The molecule has 6 heteroatoms. The first-order chi connectivity index (χ1) is 11.1. The molecule has 0 bridgehead atoms. The van der Waals surface area contributed by atoms with Gasteiger partial charge in [0.1, 0.15) is 10.6 Å². The number of fused-ring (bicyclic) bond motifs is 1. The van der Waals surface area contributed by atoms with Gasteiger partial charge in [0.2, 0.25) is 0 Å². The number of halogens is 1. The standard InChI is InChI=1S/C17H17FN2OS2/c1-4-20-16(21)14-13(11-6-8-12(18)9-7-11)10(3)23-15(14)19-17(20)22-5-2/h6-9H,4-5H2,1-3H3. The van der Waals surface area contributed by atoms with E-state index in [0.717, 1.165) is 31.7 Å². The summed E-state index contributed by atoms with van der Waals surface area (Å²) in [7, 11) is 0. The topological polar surface area (TPSA) is 34.9 Å². The number of hydrogen-bond donors (Lipinski definition) is 0. The predicted octanol–water partition coefficient (Wildman–Crippen LogP) is 4.70. The third-order valence-electron chi connectivity index (χ3n) is 3.68. The Balaban J connectivity index is 2.34. The Morgan fingerprint density at radius 3 is 2.57 bits per heavy atom. The fraction of sp³-hybridized carbons (Fsp3) is 0.294. The summed E-state index contributed by atoms with van der Waals surface area (Å²) in [6, 6.07) is 6.28. The highest BCUT2D eigenvalue weighted by Gasteiger charge is 2.19. The van der Waals surface area contributed by atoms with Crippen molar-refractivity contribution in [2.75, 3.05) is 5.75 Å². The second-order valence-corrected chi connectivity index (χ2v) is 7.53. The molecule has 0 aliphatic heterocycles. The predicted molar refractivity (Wildman–Crippen MR) is 96.1 cm³/mol. The van der Waals surface area contributed by atoms with Crippen LogP contribution in [0.5, 0.6) is 0 Å². The van der Waals surface area contributed by atoms with Gasteiger partial charge in [-0.15, -0.1) is 11.3 Å². The van der Waals surface area contributed by atoms with Gasteiger partial charge in [-0.1, -0.05) is 30.8 Å². The molecule has 0 spiro atoms. The average Bonchev–Trinajstić information content (AvgIpc) is 2.85. The molecular weight excluding hydrogens is 331 g/mol. The fourth-order valence-electron chi connectivity index (χ4n) is 2.66. The van der Waals surface area contributed by atoms with Crippen molar-refractivity contribution >= 4 is 33.3 Å². The van der Waals surface area contributed by atoms with Crippen LogP contribution >= 0.6 is 23.1 Å². The molecule has 0 N–H and O–H groups in total. The average molecular weight is 348 g/mol. The first kappa shape index (κ1) is 16.2. The molecule has 23 heavy (non-hydrogen) atoms.